The Kier molecular flexibility index (Phi) is 62.8. The average Bonchev–Trinajstić information content (AvgIpc) is 3.45. The van der Waals surface area contributed by atoms with Crippen molar-refractivity contribution in [1.82, 2.24) is 0 Å². The van der Waals surface area contributed by atoms with Gasteiger partial charge >= 0.3 is 17.9 Å². The van der Waals surface area contributed by atoms with Gasteiger partial charge < -0.3 is 14.2 Å². The van der Waals surface area contributed by atoms with Gasteiger partial charge in [0, 0.05) is 19.3 Å². The van der Waals surface area contributed by atoms with E-state index in [-0.39, 0.29) is 37.5 Å². The Hall–Kier alpha value is -4.19. The van der Waals surface area contributed by atoms with Crippen molar-refractivity contribution in [3.8, 4) is 0 Å². The highest BCUT2D eigenvalue weighted by Crippen LogP contribution is 2.16. The van der Waals surface area contributed by atoms with Gasteiger partial charge in [-0.25, -0.2) is 0 Å². The number of hydrogen-bond acceptors (Lipinski definition) is 6. The quantitative estimate of drug-likeness (QED) is 0.0261. The molecule has 0 aliphatic heterocycles. The van der Waals surface area contributed by atoms with E-state index < -0.39 is 6.10 Å². The highest BCUT2D eigenvalue weighted by Gasteiger charge is 2.19. The van der Waals surface area contributed by atoms with Crippen LogP contribution in [-0.2, 0) is 28.6 Å². The van der Waals surface area contributed by atoms with E-state index in [9.17, 15) is 14.4 Å². The van der Waals surface area contributed by atoms with Gasteiger partial charge in [-0.3, -0.25) is 14.4 Å². The molecule has 450 valence electrons. The molecule has 0 aromatic carbocycles. The minimum absolute atomic E-state index is 0.0936. The Morgan fingerprint density at radius 2 is 0.494 bits per heavy atom. The molecule has 0 heterocycles. The molecule has 0 spiro atoms. The number of ether oxygens (including phenoxy) is 3. The maximum Gasteiger partial charge on any atom is 0.306 e. The summed E-state index contributed by atoms with van der Waals surface area (Å²) in [4.78, 5) is 38.3. The summed E-state index contributed by atoms with van der Waals surface area (Å²) >= 11 is 0. The van der Waals surface area contributed by atoms with E-state index in [1.165, 1.54) is 141 Å². The second kappa shape index (κ2) is 66.3. The summed E-state index contributed by atoms with van der Waals surface area (Å²) in [6, 6.07) is 0. The van der Waals surface area contributed by atoms with Gasteiger partial charge in [-0.05, 0) is 109 Å². The molecule has 0 aliphatic carbocycles. The number of allylic oxidation sites excluding steroid dienone is 20. The predicted molar refractivity (Wildman–Crippen MR) is 343 cm³/mol. The number of carbonyl (C=O) groups is 3. The van der Waals surface area contributed by atoms with Crippen LogP contribution in [-0.4, -0.2) is 37.2 Å². The SMILES string of the molecule is CC/C=C\C/C=C\C/C=C\C/C=C\C/C=C\C/C=C\CCCCCCCCCCCCCCC(=O)OCC(COC(=O)CCCCCCCCCCCCCCCCC)OC(=O)CCCC/C=C\C/C=C\C/C=C\C/C=C\CC. The number of rotatable bonds is 59. The van der Waals surface area contributed by atoms with Crippen molar-refractivity contribution >= 4 is 17.9 Å². The molecule has 79 heavy (non-hydrogen) atoms. The standard InChI is InChI=1S/C73H122O6/c1-4-7-10-13-16-19-22-25-28-29-30-31-32-33-34-35-36-37-38-39-40-41-42-43-46-48-51-54-57-60-63-66-72(75)78-69-70(79-73(76)67-64-61-58-55-52-49-45-27-24-21-18-15-12-9-6-3)68-77-71(74)65-62-59-56-53-50-47-44-26-23-20-17-14-11-8-5-2/h7,9-10,12,16,18-19,21,25,27-28,30-31,33-34,36-37,45,52,55,70H,4-6,8,11,13-15,17,20,22-24,26,29,32,35,38-44,46-51,53-54,56-69H2,1-3H3/b10-7-,12-9-,19-16-,21-18-,28-25-,31-30-,34-33-,37-36-,45-27-,55-52-. The van der Waals surface area contributed by atoms with Crippen molar-refractivity contribution < 1.29 is 28.6 Å². The summed E-state index contributed by atoms with van der Waals surface area (Å²) in [5.74, 6) is -0.929. The maximum atomic E-state index is 12.9. The van der Waals surface area contributed by atoms with Gasteiger partial charge in [0.2, 0.25) is 0 Å². The predicted octanol–water partition coefficient (Wildman–Crippen LogP) is 22.8. The Balaban J connectivity index is 4.28. The number of hydrogen-bond donors (Lipinski definition) is 0. The normalized spacial score (nSPS) is 12.9. The number of esters is 3. The highest BCUT2D eigenvalue weighted by atomic mass is 16.6. The molecule has 0 radical (unpaired) electrons. The first kappa shape index (κ1) is 74.8. The molecular weight excluding hydrogens is 973 g/mol. The van der Waals surface area contributed by atoms with E-state index in [1.807, 2.05) is 0 Å². The van der Waals surface area contributed by atoms with E-state index in [2.05, 4.69) is 142 Å². The molecule has 0 aliphatic rings. The molecule has 0 amide bonds. The maximum absolute atomic E-state index is 12.9. The molecule has 0 saturated carbocycles. The van der Waals surface area contributed by atoms with Crippen molar-refractivity contribution in [2.24, 2.45) is 0 Å². The lowest BCUT2D eigenvalue weighted by Crippen LogP contribution is -2.30. The first-order valence-corrected chi connectivity index (χ1v) is 33.0. The van der Waals surface area contributed by atoms with Crippen molar-refractivity contribution in [2.45, 2.75) is 309 Å². The fraction of sp³-hybridized carbons (Fsp3) is 0.685. The first-order chi connectivity index (χ1) is 39.0. The lowest BCUT2D eigenvalue weighted by Gasteiger charge is -2.18. The van der Waals surface area contributed by atoms with Gasteiger partial charge in [0.25, 0.3) is 0 Å². The van der Waals surface area contributed by atoms with Crippen LogP contribution in [0, 0.1) is 0 Å². The summed E-state index contributed by atoms with van der Waals surface area (Å²) in [5.41, 5.74) is 0. The van der Waals surface area contributed by atoms with Crippen LogP contribution in [0.4, 0.5) is 0 Å². The Morgan fingerprint density at radius 3 is 0.797 bits per heavy atom. The van der Waals surface area contributed by atoms with Crippen LogP contribution in [0.25, 0.3) is 0 Å². The minimum atomic E-state index is -0.802. The zero-order chi connectivity index (χ0) is 57.1. The second-order valence-electron chi connectivity index (χ2n) is 21.6. The number of unbranched alkanes of at least 4 members (excludes halogenated alkanes) is 28. The Labute approximate surface area is 488 Å². The minimum Gasteiger partial charge on any atom is -0.462 e. The van der Waals surface area contributed by atoms with Gasteiger partial charge in [-0.15, -0.1) is 0 Å². The third-order valence-corrected chi connectivity index (χ3v) is 14.0. The molecular formula is C73H122O6. The van der Waals surface area contributed by atoms with E-state index in [0.717, 1.165) is 116 Å². The highest BCUT2D eigenvalue weighted by molar-refractivity contribution is 5.71. The molecule has 6 nitrogen and oxygen atoms in total. The topological polar surface area (TPSA) is 78.9 Å². The third kappa shape index (κ3) is 64.5. The van der Waals surface area contributed by atoms with Crippen LogP contribution in [0.2, 0.25) is 0 Å². The van der Waals surface area contributed by atoms with Gasteiger partial charge in [0.05, 0.1) is 0 Å². The first-order valence-electron chi connectivity index (χ1n) is 33.0. The summed E-state index contributed by atoms with van der Waals surface area (Å²) in [7, 11) is 0. The van der Waals surface area contributed by atoms with Crippen LogP contribution < -0.4 is 0 Å². The van der Waals surface area contributed by atoms with Crippen LogP contribution in [0.3, 0.4) is 0 Å². The summed E-state index contributed by atoms with van der Waals surface area (Å²) in [6.07, 6.45) is 92.2. The molecule has 1 atom stereocenters. The molecule has 0 aromatic rings. The van der Waals surface area contributed by atoms with Gasteiger partial charge in [0.1, 0.15) is 13.2 Å². The molecule has 0 fully saturated rings. The zero-order valence-electron chi connectivity index (χ0n) is 51.6. The van der Waals surface area contributed by atoms with Crippen LogP contribution in [0.1, 0.15) is 303 Å². The average molecular weight is 1100 g/mol. The fourth-order valence-electron chi connectivity index (χ4n) is 9.09. The van der Waals surface area contributed by atoms with E-state index >= 15 is 0 Å². The van der Waals surface area contributed by atoms with Crippen molar-refractivity contribution in [3.63, 3.8) is 0 Å². The monoisotopic (exact) mass is 1090 g/mol. The van der Waals surface area contributed by atoms with E-state index in [4.69, 9.17) is 14.2 Å². The third-order valence-electron chi connectivity index (χ3n) is 14.0. The molecule has 0 rings (SSSR count). The molecule has 0 N–H and O–H groups in total. The van der Waals surface area contributed by atoms with Crippen molar-refractivity contribution in [1.29, 1.82) is 0 Å². The van der Waals surface area contributed by atoms with Crippen molar-refractivity contribution in [2.75, 3.05) is 13.2 Å². The molecule has 1 unspecified atom stereocenters. The van der Waals surface area contributed by atoms with Gasteiger partial charge in [-0.1, -0.05) is 296 Å². The van der Waals surface area contributed by atoms with Crippen LogP contribution in [0.5, 0.6) is 0 Å². The van der Waals surface area contributed by atoms with Crippen LogP contribution in [0.15, 0.2) is 122 Å². The lowest BCUT2D eigenvalue weighted by molar-refractivity contribution is -0.167. The largest absolute Gasteiger partial charge is 0.462 e. The van der Waals surface area contributed by atoms with E-state index in [1.54, 1.807) is 0 Å². The summed E-state index contributed by atoms with van der Waals surface area (Å²) < 4.78 is 16.9. The van der Waals surface area contributed by atoms with Crippen molar-refractivity contribution in [3.05, 3.63) is 122 Å². The zero-order valence-corrected chi connectivity index (χ0v) is 51.6. The van der Waals surface area contributed by atoms with E-state index in [0.29, 0.717) is 19.3 Å². The van der Waals surface area contributed by atoms with Gasteiger partial charge in [-0.2, -0.15) is 0 Å². The molecule has 6 heteroatoms. The smallest absolute Gasteiger partial charge is 0.306 e. The second-order valence-corrected chi connectivity index (χ2v) is 21.6. The molecule has 0 saturated heterocycles. The Bertz CT molecular complexity index is 1640. The summed E-state index contributed by atoms with van der Waals surface area (Å²) in [5, 5.41) is 0. The molecule has 0 aromatic heterocycles. The Morgan fingerprint density at radius 1 is 0.266 bits per heavy atom. The number of carbonyl (C=O) groups excluding carboxylic acids is 3. The lowest BCUT2D eigenvalue weighted by atomic mass is 10.0. The fourth-order valence-corrected chi connectivity index (χ4v) is 9.09. The molecule has 0 bridgehead atoms. The van der Waals surface area contributed by atoms with Gasteiger partial charge in [0.15, 0.2) is 6.10 Å². The van der Waals surface area contributed by atoms with Crippen LogP contribution >= 0.6 is 0 Å². The summed E-state index contributed by atoms with van der Waals surface area (Å²) in [6.45, 7) is 6.40.